The van der Waals surface area contributed by atoms with Crippen LogP contribution in [0.1, 0.15) is 29.2 Å². The number of anilines is 1. The lowest BCUT2D eigenvalue weighted by atomic mass is 9.86. The number of aromatic hydroxyl groups is 1. The molecule has 27 heavy (non-hydrogen) atoms. The zero-order valence-corrected chi connectivity index (χ0v) is 15.3. The summed E-state index contributed by atoms with van der Waals surface area (Å²) >= 11 is 1.54. The molecule has 2 aromatic carbocycles. The Labute approximate surface area is 159 Å². The smallest absolute Gasteiger partial charge is 0.226 e. The lowest BCUT2D eigenvalue weighted by Gasteiger charge is -2.24. The Morgan fingerprint density at radius 2 is 1.96 bits per heavy atom. The Kier molecular flexibility index (Phi) is 3.51. The van der Waals surface area contributed by atoms with E-state index < -0.39 is 0 Å². The van der Waals surface area contributed by atoms with Crippen molar-refractivity contribution >= 4 is 33.3 Å². The van der Waals surface area contributed by atoms with Gasteiger partial charge in [-0.3, -0.25) is 4.79 Å². The van der Waals surface area contributed by atoms with Gasteiger partial charge in [0.25, 0.3) is 0 Å². The standard InChI is InChI=1S/C20H16N4O2S/c1-11-18-14(12-6-8-13(25)9-7-12)10-17(26)22-19(18)24(23-11)20-21-15-4-2-3-5-16(15)27-20/h2-9,14,25H,10H2,1H3,(H,22,26)/t14-/m1/s1. The van der Waals surface area contributed by atoms with E-state index in [0.717, 1.165) is 32.2 Å². The molecule has 0 saturated carbocycles. The minimum Gasteiger partial charge on any atom is -0.508 e. The van der Waals surface area contributed by atoms with Crippen molar-refractivity contribution in [3.8, 4) is 10.9 Å². The summed E-state index contributed by atoms with van der Waals surface area (Å²) in [5, 5.41) is 18.0. The summed E-state index contributed by atoms with van der Waals surface area (Å²) in [4.78, 5) is 17.1. The van der Waals surface area contributed by atoms with Gasteiger partial charge in [0.1, 0.15) is 11.6 Å². The number of benzene rings is 2. The summed E-state index contributed by atoms with van der Waals surface area (Å²) in [6.07, 6.45) is 0.351. The van der Waals surface area contributed by atoms with Crippen LogP contribution < -0.4 is 5.32 Å². The lowest BCUT2D eigenvalue weighted by Crippen LogP contribution is -2.24. The van der Waals surface area contributed by atoms with Gasteiger partial charge in [-0.05, 0) is 36.8 Å². The molecule has 5 rings (SSSR count). The van der Waals surface area contributed by atoms with E-state index in [4.69, 9.17) is 0 Å². The Bertz CT molecular complexity index is 1140. The molecule has 7 heteroatoms. The summed E-state index contributed by atoms with van der Waals surface area (Å²) in [6.45, 7) is 1.95. The molecule has 3 heterocycles. The Balaban J connectivity index is 1.67. The molecule has 2 N–H and O–H groups in total. The molecule has 0 unspecified atom stereocenters. The maximum atomic E-state index is 12.4. The van der Waals surface area contributed by atoms with Crippen LogP contribution in [0, 0.1) is 6.92 Å². The van der Waals surface area contributed by atoms with Crippen molar-refractivity contribution in [1.82, 2.24) is 14.8 Å². The molecule has 0 aliphatic carbocycles. The van der Waals surface area contributed by atoms with E-state index in [0.29, 0.717) is 12.2 Å². The van der Waals surface area contributed by atoms with Gasteiger partial charge in [0.15, 0.2) is 0 Å². The Morgan fingerprint density at radius 1 is 1.19 bits per heavy atom. The second-order valence-corrected chi connectivity index (χ2v) is 7.63. The van der Waals surface area contributed by atoms with Gasteiger partial charge >= 0.3 is 0 Å². The van der Waals surface area contributed by atoms with Crippen LogP contribution >= 0.6 is 11.3 Å². The van der Waals surface area contributed by atoms with E-state index in [1.165, 1.54) is 0 Å². The highest BCUT2D eigenvalue weighted by molar-refractivity contribution is 7.20. The summed E-state index contributed by atoms with van der Waals surface area (Å²) < 4.78 is 2.81. The number of nitrogens with one attached hydrogen (secondary N) is 1. The van der Waals surface area contributed by atoms with Crippen molar-refractivity contribution in [2.24, 2.45) is 0 Å². The minimum atomic E-state index is -0.0996. The summed E-state index contributed by atoms with van der Waals surface area (Å²) in [6, 6.07) is 14.9. The summed E-state index contributed by atoms with van der Waals surface area (Å²) in [7, 11) is 0. The van der Waals surface area contributed by atoms with Crippen LogP contribution in [0.4, 0.5) is 5.82 Å². The van der Waals surface area contributed by atoms with Gasteiger partial charge in [0.05, 0.1) is 15.9 Å². The van der Waals surface area contributed by atoms with E-state index in [1.54, 1.807) is 28.2 Å². The topological polar surface area (TPSA) is 80.0 Å². The van der Waals surface area contributed by atoms with Gasteiger partial charge in [-0.1, -0.05) is 35.6 Å². The normalized spacial score (nSPS) is 16.3. The molecule has 1 atom stereocenters. The number of carbonyl (C=O) groups is 1. The molecule has 1 aliphatic rings. The maximum absolute atomic E-state index is 12.4. The summed E-state index contributed by atoms with van der Waals surface area (Å²) in [5.41, 5.74) is 3.76. The quantitative estimate of drug-likeness (QED) is 0.555. The third-order valence-electron chi connectivity index (χ3n) is 4.86. The van der Waals surface area contributed by atoms with Gasteiger partial charge in [-0.25, -0.2) is 4.98 Å². The van der Waals surface area contributed by atoms with Crippen LogP contribution in [0.15, 0.2) is 48.5 Å². The summed E-state index contributed by atoms with van der Waals surface area (Å²) in [5.74, 6) is 0.738. The zero-order valence-electron chi connectivity index (χ0n) is 14.5. The van der Waals surface area contributed by atoms with Crippen LogP contribution in [-0.2, 0) is 4.79 Å². The van der Waals surface area contributed by atoms with Crippen LogP contribution in [-0.4, -0.2) is 25.8 Å². The molecule has 0 fully saturated rings. The maximum Gasteiger partial charge on any atom is 0.226 e. The predicted molar refractivity (Wildman–Crippen MR) is 105 cm³/mol. The van der Waals surface area contributed by atoms with E-state index in [2.05, 4.69) is 15.4 Å². The zero-order chi connectivity index (χ0) is 18.5. The third-order valence-corrected chi connectivity index (χ3v) is 5.87. The number of thiazole rings is 1. The average molecular weight is 376 g/mol. The number of aromatic nitrogens is 3. The fraction of sp³-hybridized carbons (Fsp3) is 0.150. The number of nitrogens with zero attached hydrogens (tertiary/aromatic N) is 3. The highest BCUT2D eigenvalue weighted by atomic mass is 32.1. The molecule has 1 amide bonds. The first-order chi connectivity index (χ1) is 13.1. The number of amides is 1. The monoisotopic (exact) mass is 376 g/mol. The van der Waals surface area contributed by atoms with Crippen molar-refractivity contribution < 1.29 is 9.90 Å². The lowest BCUT2D eigenvalue weighted by molar-refractivity contribution is -0.116. The first kappa shape index (κ1) is 16.0. The molecule has 1 aliphatic heterocycles. The molecular weight excluding hydrogens is 360 g/mol. The number of fused-ring (bicyclic) bond motifs is 2. The molecule has 6 nitrogen and oxygen atoms in total. The van der Waals surface area contributed by atoms with Crippen LogP contribution in [0.5, 0.6) is 5.75 Å². The van der Waals surface area contributed by atoms with Crippen LogP contribution in [0.25, 0.3) is 15.3 Å². The van der Waals surface area contributed by atoms with E-state index in [1.807, 2.05) is 43.3 Å². The molecule has 0 radical (unpaired) electrons. The number of phenols is 1. The molecule has 134 valence electrons. The second kappa shape index (κ2) is 5.92. The number of hydrogen-bond acceptors (Lipinski definition) is 5. The van der Waals surface area contributed by atoms with Crippen molar-refractivity contribution in [3.63, 3.8) is 0 Å². The van der Waals surface area contributed by atoms with Crippen molar-refractivity contribution in [1.29, 1.82) is 0 Å². The highest BCUT2D eigenvalue weighted by Crippen LogP contribution is 2.41. The first-order valence-electron chi connectivity index (χ1n) is 8.64. The van der Waals surface area contributed by atoms with Gasteiger partial charge in [-0.2, -0.15) is 9.78 Å². The third kappa shape index (κ3) is 2.59. The van der Waals surface area contributed by atoms with Crippen molar-refractivity contribution in [3.05, 3.63) is 65.4 Å². The predicted octanol–water partition coefficient (Wildman–Crippen LogP) is 3.97. The largest absolute Gasteiger partial charge is 0.508 e. The van der Waals surface area contributed by atoms with E-state index in [9.17, 15) is 9.90 Å². The molecule has 4 aromatic rings. The molecule has 2 aromatic heterocycles. The molecule has 0 bridgehead atoms. The van der Waals surface area contributed by atoms with Crippen LogP contribution in [0.3, 0.4) is 0 Å². The SMILES string of the molecule is Cc1nn(-c2nc3ccccc3s2)c2c1[C@@H](c1ccc(O)cc1)CC(=O)N2. The molecule has 0 spiro atoms. The van der Waals surface area contributed by atoms with Gasteiger partial charge in [0.2, 0.25) is 11.0 Å². The molecular formula is C20H16N4O2S. The van der Waals surface area contributed by atoms with E-state index >= 15 is 0 Å². The Hall–Kier alpha value is -3.19. The van der Waals surface area contributed by atoms with Gasteiger partial charge < -0.3 is 10.4 Å². The fourth-order valence-corrected chi connectivity index (χ4v) is 4.55. The van der Waals surface area contributed by atoms with Gasteiger partial charge in [-0.15, -0.1) is 0 Å². The van der Waals surface area contributed by atoms with Crippen molar-refractivity contribution in [2.45, 2.75) is 19.3 Å². The highest BCUT2D eigenvalue weighted by Gasteiger charge is 2.33. The second-order valence-electron chi connectivity index (χ2n) is 6.62. The number of rotatable bonds is 2. The average Bonchev–Trinajstić information content (AvgIpc) is 3.23. The van der Waals surface area contributed by atoms with E-state index in [-0.39, 0.29) is 17.6 Å². The number of carbonyl (C=O) groups excluding carboxylic acids is 1. The fourth-order valence-electron chi connectivity index (χ4n) is 3.63. The molecule has 0 saturated heterocycles. The van der Waals surface area contributed by atoms with Crippen LogP contribution in [0.2, 0.25) is 0 Å². The Morgan fingerprint density at radius 3 is 2.74 bits per heavy atom. The van der Waals surface area contributed by atoms with Gasteiger partial charge in [0, 0.05) is 17.9 Å². The number of hydrogen-bond donors (Lipinski definition) is 2. The minimum absolute atomic E-state index is 0.0529. The van der Waals surface area contributed by atoms with Crippen molar-refractivity contribution in [2.75, 3.05) is 5.32 Å². The number of aryl methyl sites for hydroxylation is 1. The number of para-hydroxylation sites is 1. The first-order valence-corrected chi connectivity index (χ1v) is 9.46. The number of phenolic OH excluding ortho intramolecular Hbond substituents is 1.